The third kappa shape index (κ3) is 5.25. The van der Waals surface area contributed by atoms with E-state index in [1.165, 1.54) is 22.6 Å². The summed E-state index contributed by atoms with van der Waals surface area (Å²) in [5.74, 6) is 1.36. The normalized spacial score (nSPS) is 17.2. The molecular formula is C23H27N5S2. The molecule has 5 nitrogen and oxygen atoms in total. The van der Waals surface area contributed by atoms with E-state index >= 15 is 0 Å². The highest BCUT2D eigenvalue weighted by molar-refractivity contribution is 7.13. The van der Waals surface area contributed by atoms with Crippen molar-refractivity contribution in [2.75, 3.05) is 11.9 Å². The Morgan fingerprint density at radius 2 is 2.13 bits per heavy atom. The molecule has 1 aliphatic heterocycles. The van der Waals surface area contributed by atoms with Crippen molar-refractivity contribution in [2.45, 2.75) is 52.1 Å². The number of nitriles is 1. The highest BCUT2D eigenvalue weighted by Crippen LogP contribution is 2.35. The van der Waals surface area contributed by atoms with Gasteiger partial charge in [-0.2, -0.15) is 5.26 Å². The van der Waals surface area contributed by atoms with Gasteiger partial charge in [0.15, 0.2) is 5.13 Å². The number of rotatable bonds is 7. The zero-order chi connectivity index (χ0) is 20.9. The van der Waals surface area contributed by atoms with Crippen LogP contribution in [0, 0.1) is 17.2 Å². The number of likely N-dealkylation sites (tertiary alicyclic amines) is 1. The number of anilines is 2. The third-order valence-corrected chi connectivity index (χ3v) is 7.15. The van der Waals surface area contributed by atoms with Crippen molar-refractivity contribution in [3.05, 3.63) is 56.9 Å². The second-order valence-electron chi connectivity index (χ2n) is 8.19. The number of aromatic nitrogens is 2. The highest BCUT2D eigenvalue weighted by atomic mass is 32.1. The monoisotopic (exact) mass is 437 g/mol. The second-order valence-corrected chi connectivity index (χ2v) is 10.3. The van der Waals surface area contributed by atoms with E-state index in [1.807, 2.05) is 11.3 Å². The molecule has 4 rings (SSSR count). The summed E-state index contributed by atoms with van der Waals surface area (Å²) in [5.41, 5.74) is 1.73. The van der Waals surface area contributed by atoms with Crippen molar-refractivity contribution in [3.8, 4) is 6.07 Å². The maximum absolute atomic E-state index is 9.07. The van der Waals surface area contributed by atoms with Gasteiger partial charge < -0.3 is 5.32 Å². The highest BCUT2D eigenvalue weighted by Gasteiger charge is 2.26. The number of hydrogen-bond donors (Lipinski definition) is 1. The number of thiophene rings is 1. The number of nitrogens with zero attached hydrogens (tertiary/aromatic N) is 4. The standard InChI is InChI=1S/C23H27N5S2/c1-16(2)11-18-6-7-19(30-18)14-28-10-4-3-5-21(28)20-15-29-23(26-20)27-22-12-17(13-24)8-9-25-22/h6-9,12,15-16,21H,3-5,10-11,14H2,1-2H3,(H,25,26,27)/t21-/m1/s1. The van der Waals surface area contributed by atoms with E-state index in [2.05, 4.69) is 52.6 Å². The lowest BCUT2D eigenvalue weighted by Crippen LogP contribution is -2.32. The molecule has 0 radical (unpaired) electrons. The number of hydrogen-bond acceptors (Lipinski definition) is 7. The fraction of sp³-hybridized carbons (Fsp3) is 0.435. The Bertz CT molecular complexity index is 1020. The van der Waals surface area contributed by atoms with Gasteiger partial charge in [0, 0.05) is 27.9 Å². The molecule has 1 aliphatic rings. The van der Waals surface area contributed by atoms with Gasteiger partial charge in [-0.25, -0.2) is 9.97 Å². The van der Waals surface area contributed by atoms with Gasteiger partial charge in [-0.05, 0) is 56.0 Å². The SMILES string of the molecule is CC(C)Cc1ccc(CN2CCCC[C@@H]2c2csc(Nc3cc(C#N)ccn3)n2)s1. The predicted molar refractivity (Wildman–Crippen MR) is 124 cm³/mol. The first-order chi connectivity index (χ1) is 14.6. The second kappa shape index (κ2) is 9.69. The molecule has 3 aromatic heterocycles. The molecule has 1 N–H and O–H groups in total. The van der Waals surface area contributed by atoms with E-state index in [4.69, 9.17) is 10.2 Å². The molecule has 30 heavy (non-hydrogen) atoms. The molecule has 0 amide bonds. The lowest BCUT2D eigenvalue weighted by Gasteiger charge is -2.34. The lowest BCUT2D eigenvalue weighted by atomic mass is 10.00. The summed E-state index contributed by atoms with van der Waals surface area (Å²) in [5, 5.41) is 15.3. The van der Waals surface area contributed by atoms with E-state index in [0.717, 1.165) is 36.8 Å². The van der Waals surface area contributed by atoms with Crippen LogP contribution >= 0.6 is 22.7 Å². The van der Waals surface area contributed by atoms with E-state index in [1.54, 1.807) is 29.7 Å². The summed E-state index contributed by atoms with van der Waals surface area (Å²) in [6.45, 7) is 6.67. The van der Waals surface area contributed by atoms with Crippen LogP contribution in [0.5, 0.6) is 0 Å². The lowest BCUT2D eigenvalue weighted by molar-refractivity contribution is 0.139. The van der Waals surface area contributed by atoms with E-state index in [-0.39, 0.29) is 0 Å². The number of nitrogens with one attached hydrogen (secondary N) is 1. The molecule has 3 aromatic rings. The Morgan fingerprint density at radius 1 is 1.27 bits per heavy atom. The van der Waals surface area contributed by atoms with Gasteiger partial charge in [0.1, 0.15) is 5.82 Å². The zero-order valence-corrected chi connectivity index (χ0v) is 19.1. The average Bonchev–Trinajstić information content (AvgIpc) is 3.38. The molecule has 0 saturated carbocycles. The minimum atomic E-state index is 0.361. The Balaban J connectivity index is 1.45. The van der Waals surface area contributed by atoms with Crippen LogP contribution < -0.4 is 5.32 Å². The van der Waals surface area contributed by atoms with Crippen molar-refractivity contribution >= 4 is 33.6 Å². The van der Waals surface area contributed by atoms with Crippen molar-refractivity contribution < 1.29 is 0 Å². The van der Waals surface area contributed by atoms with Gasteiger partial charge in [0.25, 0.3) is 0 Å². The molecule has 1 fully saturated rings. The van der Waals surface area contributed by atoms with Crippen LogP contribution in [0.25, 0.3) is 0 Å². The number of pyridine rings is 1. The maximum atomic E-state index is 9.07. The summed E-state index contributed by atoms with van der Waals surface area (Å²) >= 11 is 3.56. The van der Waals surface area contributed by atoms with Crippen LogP contribution in [0.1, 0.15) is 60.2 Å². The van der Waals surface area contributed by atoms with Gasteiger partial charge in [0.05, 0.1) is 23.4 Å². The molecule has 0 spiro atoms. The average molecular weight is 438 g/mol. The van der Waals surface area contributed by atoms with Gasteiger partial charge >= 0.3 is 0 Å². The molecule has 7 heteroatoms. The van der Waals surface area contributed by atoms with E-state index in [9.17, 15) is 0 Å². The largest absolute Gasteiger partial charge is 0.316 e. The van der Waals surface area contributed by atoms with Crippen LogP contribution in [0.3, 0.4) is 0 Å². The Morgan fingerprint density at radius 3 is 2.97 bits per heavy atom. The van der Waals surface area contributed by atoms with Crippen molar-refractivity contribution in [3.63, 3.8) is 0 Å². The molecule has 156 valence electrons. The summed E-state index contributed by atoms with van der Waals surface area (Å²) in [6, 6.07) is 10.6. The van der Waals surface area contributed by atoms with Crippen molar-refractivity contribution in [1.29, 1.82) is 5.26 Å². The Hall–Kier alpha value is -2.27. The fourth-order valence-electron chi connectivity index (χ4n) is 3.91. The quantitative estimate of drug-likeness (QED) is 0.481. The van der Waals surface area contributed by atoms with Crippen LogP contribution in [0.4, 0.5) is 10.9 Å². The molecule has 4 heterocycles. The third-order valence-electron chi connectivity index (χ3n) is 5.29. The topological polar surface area (TPSA) is 64.8 Å². The molecule has 1 saturated heterocycles. The van der Waals surface area contributed by atoms with Crippen LogP contribution in [0.15, 0.2) is 35.8 Å². The zero-order valence-electron chi connectivity index (χ0n) is 17.5. The molecule has 1 atom stereocenters. The van der Waals surface area contributed by atoms with Gasteiger partial charge in [-0.1, -0.05) is 20.3 Å². The summed E-state index contributed by atoms with van der Waals surface area (Å²) < 4.78 is 0. The van der Waals surface area contributed by atoms with Crippen LogP contribution in [-0.2, 0) is 13.0 Å². The van der Waals surface area contributed by atoms with E-state index < -0.39 is 0 Å². The van der Waals surface area contributed by atoms with Gasteiger partial charge in [-0.15, -0.1) is 22.7 Å². The molecule has 0 aromatic carbocycles. The predicted octanol–water partition coefficient (Wildman–Crippen LogP) is 6.14. The summed E-state index contributed by atoms with van der Waals surface area (Å²) in [4.78, 5) is 14.7. The summed E-state index contributed by atoms with van der Waals surface area (Å²) in [6.07, 6.45) is 6.45. The minimum absolute atomic E-state index is 0.361. The first-order valence-corrected chi connectivity index (χ1v) is 12.2. The molecule has 0 unspecified atom stereocenters. The Labute approximate surface area is 186 Å². The molecule has 0 aliphatic carbocycles. The van der Waals surface area contributed by atoms with Crippen LogP contribution in [0.2, 0.25) is 0 Å². The first kappa shape index (κ1) is 21.0. The fourth-order valence-corrected chi connectivity index (χ4v) is 5.93. The minimum Gasteiger partial charge on any atom is -0.316 e. The summed E-state index contributed by atoms with van der Waals surface area (Å²) in [7, 11) is 0. The van der Waals surface area contributed by atoms with Crippen LogP contribution in [-0.4, -0.2) is 21.4 Å². The van der Waals surface area contributed by atoms with E-state index in [0.29, 0.717) is 23.3 Å². The maximum Gasteiger partial charge on any atom is 0.188 e. The number of thiazole rings is 1. The van der Waals surface area contributed by atoms with Crippen molar-refractivity contribution in [2.24, 2.45) is 5.92 Å². The molecular weight excluding hydrogens is 410 g/mol. The molecule has 0 bridgehead atoms. The number of piperidine rings is 1. The Kier molecular flexibility index (Phi) is 6.78. The van der Waals surface area contributed by atoms with Crippen molar-refractivity contribution in [1.82, 2.24) is 14.9 Å². The first-order valence-electron chi connectivity index (χ1n) is 10.5. The van der Waals surface area contributed by atoms with Gasteiger partial charge in [-0.3, -0.25) is 4.90 Å². The van der Waals surface area contributed by atoms with Gasteiger partial charge in [0.2, 0.25) is 0 Å². The smallest absolute Gasteiger partial charge is 0.188 e.